The molecule has 4 heteroatoms. The van der Waals surface area contributed by atoms with Gasteiger partial charge in [0.05, 0.1) is 13.3 Å². The molecule has 2 rings (SSSR count). The fraction of sp³-hybridized carbons (Fsp3) is 0.200. The van der Waals surface area contributed by atoms with E-state index in [-0.39, 0.29) is 0 Å². The smallest absolute Gasteiger partial charge is 0.119 e. The molecule has 1 aromatic heterocycles. The highest BCUT2D eigenvalue weighted by Crippen LogP contribution is 2.20. The third-order valence-corrected chi connectivity index (χ3v) is 1.97. The number of nitrogens with zero attached hydrogens (tertiary/aromatic N) is 3. The molecule has 0 fully saturated rings. The maximum absolute atomic E-state index is 5.13. The first kappa shape index (κ1) is 8.74. The van der Waals surface area contributed by atoms with E-state index in [0.717, 1.165) is 17.0 Å². The lowest BCUT2D eigenvalue weighted by molar-refractivity contribution is 0.415. The van der Waals surface area contributed by atoms with Crippen molar-refractivity contribution in [2.45, 2.75) is 0 Å². The van der Waals surface area contributed by atoms with Crippen LogP contribution in [-0.4, -0.2) is 22.1 Å². The number of hydrogen-bond donors (Lipinski definition) is 0. The molecular weight excluding hydrogens is 178 g/mol. The molecule has 72 valence electrons. The van der Waals surface area contributed by atoms with Crippen LogP contribution in [0.25, 0.3) is 11.3 Å². The number of aromatic nitrogens is 3. The molecule has 0 N–H and O–H groups in total. The quantitative estimate of drug-likeness (QED) is 0.718. The summed E-state index contributed by atoms with van der Waals surface area (Å²) in [6, 6.07) is 7.75. The second-order valence-corrected chi connectivity index (χ2v) is 3.01. The lowest BCUT2D eigenvalue weighted by Gasteiger charge is -2.00. The van der Waals surface area contributed by atoms with Crippen LogP contribution in [0.2, 0.25) is 0 Å². The summed E-state index contributed by atoms with van der Waals surface area (Å²) >= 11 is 0. The molecule has 4 nitrogen and oxygen atoms in total. The van der Waals surface area contributed by atoms with Gasteiger partial charge in [0.25, 0.3) is 0 Å². The van der Waals surface area contributed by atoms with Gasteiger partial charge in [-0.05, 0) is 12.1 Å². The number of benzene rings is 1. The van der Waals surface area contributed by atoms with Crippen LogP contribution in [-0.2, 0) is 7.05 Å². The number of hydrogen-bond acceptors (Lipinski definition) is 3. The molecule has 0 atom stereocenters. The Kier molecular flexibility index (Phi) is 2.18. The number of ether oxygens (including phenoxy) is 1. The van der Waals surface area contributed by atoms with Gasteiger partial charge < -0.3 is 4.74 Å². The highest BCUT2D eigenvalue weighted by Gasteiger charge is 2.02. The highest BCUT2D eigenvalue weighted by molar-refractivity contribution is 5.59. The predicted molar refractivity (Wildman–Crippen MR) is 53.0 cm³/mol. The van der Waals surface area contributed by atoms with Crippen molar-refractivity contribution in [2.24, 2.45) is 7.05 Å². The van der Waals surface area contributed by atoms with Crippen LogP contribution in [0.1, 0.15) is 0 Å². The van der Waals surface area contributed by atoms with Crippen LogP contribution in [0.15, 0.2) is 30.5 Å². The summed E-state index contributed by atoms with van der Waals surface area (Å²) < 4.78 is 6.80. The first-order chi connectivity index (χ1) is 6.79. The molecule has 0 saturated carbocycles. The van der Waals surface area contributed by atoms with Crippen LogP contribution < -0.4 is 4.74 Å². The molecular formula is C10H11N3O. The van der Waals surface area contributed by atoms with E-state index in [2.05, 4.69) is 10.3 Å². The van der Waals surface area contributed by atoms with Crippen molar-refractivity contribution in [3.63, 3.8) is 0 Å². The van der Waals surface area contributed by atoms with E-state index in [0.29, 0.717) is 0 Å². The average molecular weight is 189 g/mol. The van der Waals surface area contributed by atoms with Crippen LogP contribution in [0, 0.1) is 0 Å². The number of aryl methyl sites for hydroxylation is 1. The number of rotatable bonds is 2. The van der Waals surface area contributed by atoms with E-state index < -0.39 is 0 Å². The first-order valence-electron chi connectivity index (χ1n) is 4.30. The summed E-state index contributed by atoms with van der Waals surface area (Å²) in [5.74, 6) is 0.827. The van der Waals surface area contributed by atoms with Crippen LogP contribution in [0.3, 0.4) is 0 Å². The highest BCUT2D eigenvalue weighted by atomic mass is 16.5. The van der Waals surface area contributed by atoms with Gasteiger partial charge in [0.2, 0.25) is 0 Å². The SMILES string of the molecule is COc1cccc(-c2cn(C)nn2)c1. The summed E-state index contributed by atoms with van der Waals surface area (Å²) in [4.78, 5) is 0. The van der Waals surface area contributed by atoms with Crippen LogP contribution >= 0.6 is 0 Å². The molecule has 0 amide bonds. The molecule has 0 radical (unpaired) electrons. The molecule has 0 spiro atoms. The third kappa shape index (κ3) is 1.59. The van der Waals surface area contributed by atoms with Gasteiger partial charge in [0.15, 0.2) is 0 Å². The first-order valence-corrected chi connectivity index (χ1v) is 4.30. The fourth-order valence-corrected chi connectivity index (χ4v) is 1.26. The largest absolute Gasteiger partial charge is 0.497 e. The van der Waals surface area contributed by atoms with Gasteiger partial charge in [0.1, 0.15) is 11.4 Å². The Morgan fingerprint density at radius 1 is 1.36 bits per heavy atom. The lowest BCUT2D eigenvalue weighted by atomic mass is 10.1. The van der Waals surface area contributed by atoms with Gasteiger partial charge >= 0.3 is 0 Å². The van der Waals surface area contributed by atoms with Gasteiger partial charge in [-0.3, -0.25) is 4.68 Å². The molecule has 1 heterocycles. The van der Waals surface area contributed by atoms with E-state index in [1.165, 1.54) is 0 Å². The second-order valence-electron chi connectivity index (χ2n) is 3.01. The minimum atomic E-state index is 0.827. The Bertz CT molecular complexity index is 436. The van der Waals surface area contributed by atoms with Gasteiger partial charge in [0, 0.05) is 12.6 Å². The molecule has 0 bridgehead atoms. The van der Waals surface area contributed by atoms with E-state index in [1.807, 2.05) is 37.5 Å². The Balaban J connectivity index is 2.41. The van der Waals surface area contributed by atoms with Crippen molar-refractivity contribution in [1.29, 1.82) is 0 Å². The predicted octanol–water partition coefficient (Wildman–Crippen LogP) is 1.49. The zero-order valence-corrected chi connectivity index (χ0v) is 8.14. The van der Waals surface area contributed by atoms with Crippen molar-refractivity contribution in [3.05, 3.63) is 30.5 Å². The van der Waals surface area contributed by atoms with E-state index in [4.69, 9.17) is 4.74 Å². The monoisotopic (exact) mass is 189 g/mol. The third-order valence-electron chi connectivity index (χ3n) is 1.97. The molecule has 0 aliphatic heterocycles. The molecule has 0 aliphatic rings. The fourth-order valence-electron chi connectivity index (χ4n) is 1.26. The van der Waals surface area contributed by atoms with Crippen molar-refractivity contribution >= 4 is 0 Å². The molecule has 0 aliphatic carbocycles. The molecule has 1 aromatic carbocycles. The maximum atomic E-state index is 5.13. The summed E-state index contributed by atoms with van der Waals surface area (Å²) in [6.07, 6.45) is 1.87. The van der Waals surface area contributed by atoms with Gasteiger partial charge in [-0.15, -0.1) is 5.10 Å². The summed E-state index contributed by atoms with van der Waals surface area (Å²) in [5, 5.41) is 7.89. The maximum Gasteiger partial charge on any atom is 0.119 e. The van der Waals surface area contributed by atoms with Crippen molar-refractivity contribution < 1.29 is 4.74 Å². The minimum Gasteiger partial charge on any atom is -0.497 e. The van der Waals surface area contributed by atoms with Gasteiger partial charge in [-0.25, -0.2) is 0 Å². The Morgan fingerprint density at radius 2 is 2.21 bits per heavy atom. The van der Waals surface area contributed by atoms with E-state index in [1.54, 1.807) is 11.8 Å². The Hall–Kier alpha value is -1.84. The van der Waals surface area contributed by atoms with E-state index >= 15 is 0 Å². The van der Waals surface area contributed by atoms with Crippen LogP contribution in [0.5, 0.6) is 5.75 Å². The molecule has 0 unspecified atom stereocenters. The zero-order valence-electron chi connectivity index (χ0n) is 8.14. The Morgan fingerprint density at radius 3 is 2.86 bits per heavy atom. The van der Waals surface area contributed by atoms with Crippen molar-refractivity contribution in [1.82, 2.24) is 15.0 Å². The molecule has 2 aromatic rings. The normalized spacial score (nSPS) is 10.1. The van der Waals surface area contributed by atoms with Gasteiger partial charge in [-0.2, -0.15) is 0 Å². The summed E-state index contributed by atoms with van der Waals surface area (Å²) in [6.45, 7) is 0. The number of methoxy groups -OCH3 is 1. The average Bonchev–Trinajstić information content (AvgIpc) is 2.65. The second kappa shape index (κ2) is 3.49. The lowest BCUT2D eigenvalue weighted by Crippen LogP contribution is -1.85. The van der Waals surface area contributed by atoms with Crippen molar-refractivity contribution in [2.75, 3.05) is 7.11 Å². The van der Waals surface area contributed by atoms with Crippen molar-refractivity contribution in [3.8, 4) is 17.0 Å². The van der Waals surface area contributed by atoms with Gasteiger partial charge in [-0.1, -0.05) is 17.3 Å². The molecule has 14 heavy (non-hydrogen) atoms. The summed E-state index contributed by atoms with van der Waals surface area (Å²) in [5.41, 5.74) is 1.86. The molecule has 0 saturated heterocycles. The minimum absolute atomic E-state index is 0.827. The van der Waals surface area contributed by atoms with E-state index in [9.17, 15) is 0 Å². The standard InChI is InChI=1S/C10H11N3O/c1-13-7-10(11-12-13)8-4-3-5-9(6-8)14-2/h3-7H,1-2H3. The topological polar surface area (TPSA) is 39.9 Å². The zero-order chi connectivity index (χ0) is 9.97. The summed E-state index contributed by atoms with van der Waals surface area (Å²) in [7, 11) is 3.49. The Labute approximate surface area is 82.1 Å². The van der Waals surface area contributed by atoms with Crippen LogP contribution in [0.4, 0.5) is 0 Å².